The van der Waals surface area contributed by atoms with E-state index in [9.17, 15) is 21.6 Å². The van der Waals surface area contributed by atoms with Crippen LogP contribution in [0.25, 0.3) is 11.8 Å². The number of alkyl halides is 3. The highest BCUT2D eigenvalue weighted by Crippen LogP contribution is 2.30. The van der Waals surface area contributed by atoms with Crippen molar-refractivity contribution in [1.82, 2.24) is 4.57 Å². The summed E-state index contributed by atoms with van der Waals surface area (Å²) in [4.78, 5) is -0.427. The van der Waals surface area contributed by atoms with Gasteiger partial charge in [-0.1, -0.05) is 0 Å². The Morgan fingerprint density at radius 2 is 1.83 bits per heavy atom. The fourth-order valence-electron chi connectivity index (χ4n) is 1.91. The number of sulfone groups is 1. The number of allylic oxidation sites excluding steroid dienone is 1. The van der Waals surface area contributed by atoms with Gasteiger partial charge in [0, 0.05) is 23.8 Å². The Labute approximate surface area is 131 Å². The Morgan fingerprint density at radius 1 is 1.22 bits per heavy atom. The molecule has 0 atom stereocenters. The zero-order valence-corrected chi connectivity index (χ0v) is 12.7. The lowest BCUT2D eigenvalue weighted by atomic mass is 10.2. The first-order valence-electron chi connectivity index (χ1n) is 6.30. The van der Waals surface area contributed by atoms with Crippen LogP contribution in [0.5, 0.6) is 0 Å². The molecule has 0 saturated carbocycles. The van der Waals surface area contributed by atoms with E-state index in [0.29, 0.717) is 11.4 Å². The summed E-state index contributed by atoms with van der Waals surface area (Å²) in [5.74, 6) is 0. The molecule has 23 heavy (non-hydrogen) atoms. The summed E-state index contributed by atoms with van der Waals surface area (Å²) in [5, 5.41) is 8.92. The third kappa shape index (κ3) is 3.81. The van der Waals surface area contributed by atoms with Crippen molar-refractivity contribution < 1.29 is 21.6 Å². The molecule has 1 aromatic carbocycles. The molecule has 4 nitrogen and oxygen atoms in total. The maximum Gasteiger partial charge on any atom is 0.416 e. The van der Waals surface area contributed by atoms with Gasteiger partial charge >= 0.3 is 6.18 Å². The number of nitrogens with zero attached hydrogens (tertiary/aromatic N) is 2. The number of hydrogen-bond donors (Lipinski definition) is 0. The van der Waals surface area contributed by atoms with Crippen LogP contribution in [0.1, 0.15) is 11.3 Å². The van der Waals surface area contributed by atoms with Crippen molar-refractivity contribution in [2.75, 3.05) is 6.26 Å². The van der Waals surface area contributed by atoms with E-state index >= 15 is 0 Å². The molecule has 0 bridgehead atoms. The van der Waals surface area contributed by atoms with E-state index in [2.05, 4.69) is 0 Å². The molecular weight excluding hydrogens is 329 g/mol. The molecule has 0 aliphatic carbocycles. The largest absolute Gasteiger partial charge is 0.416 e. The van der Waals surface area contributed by atoms with Gasteiger partial charge in [-0.05, 0) is 42.5 Å². The molecule has 0 radical (unpaired) electrons. The lowest BCUT2D eigenvalue weighted by Gasteiger charge is -2.10. The van der Waals surface area contributed by atoms with E-state index in [1.54, 1.807) is 24.4 Å². The van der Waals surface area contributed by atoms with E-state index in [0.717, 1.165) is 18.4 Å². The monoisotopic (exact) mass is 340 g/mol. The van der Waals surface area contributed by atoms with Crippen LogP contribution in [0.3, 0.4) is 0 Å². The average molecular weight is 340 g/mol. The third-order valence-electron chi connectivity index (χ3n) is 3.04. The lowest BCUT2D eigenvalue weighted by molar-refractivity contribution is -0.137. The topological polar surface area (TPSA) is 62.9 Å². The third-order valence-corrected chi connectivity index (χ3v) is 4.05. The molecule has 8 heteroatoms. The fraction of sp³-hybridized carbons (Fsp3) is 0.133. The molecule has 120 valence electrons. The van der Waals surface area contributed by atoms with Crippen LogP contribution in [-0.4, -0.2) is 19.2 Å². The Hall–Kier alpha value is -2.53. The highest BCUT2D eigenvalue weighted by molar-refractivity contribution is 7.95. The van der Waals surface area contributed by atoms with Crippen molar-refractivity contribution in [2.24, 2.45) is 0 Å². The number of halogens is 3. The van der Waals surface area contributed by atoms with Gasteiger partial charge < -0.3 is 4.57 Å². The molecular formula is C15H11F3N2O2S. The maximum absolute atomic E-state index is 12.6. The van der Waals surface area contributed by atoms with Crippen molar-refractivity contribution in [2.45, 2.75) is 6.18 Å². The summed E-state index contributed by atoms with van der Waals surface area (Å²) in [6.07, 6.45) is -0.783. The number of aromatic nitrogens is 1. The molecule has 1 heterocycles. The van der Waals surface area contributed by atoms with Crippen molar-refractivity contribution in [3.8, 4) is 11.8 Å². The van der Waals surface area contributed by atoms with Gasteiger partial charge in [0.1, 0.15) is 11.0 Å². The van der Waals surface area contributed by atoms with Crippen LogP contribution >= 0.6 is 0 Å². The van der Waals surface area contributed by atoms with Crippen molar-refractivity contribution in [3.05, 3.63) is 58.8 Å². The first-order chi connectivity index (χ1) is 10.6. The minimum atomic E-state index is -4.43. The lowest BCUT2D eigenvalue weighted by Crippen LogP contribution is -2.05. The number of rotatable bonds is 3. The quantitative estimate of drug-likeness (QED) is 0.805. The Bertz CT molecular complexity index is 886. The minimum absolute atomic E-state index is 0.367. The summed E-state index contributed by atoms with van der Waals surface area (Å²) in [5.41, 5.74) is 0.00567. The summed E-state index contributed by atoms with van der Waals surface area (Å²) in [6, 6.07) is 9.16. The molecule has 0 amide bonds. The van der Waals surface area contributed by atoms with Gasteiger partial charge in [0.15, 0.2) is 9.84 Å². The van der Waals surface area contributed by atoms with Crippen molar-refractivity contribution in [3.63, 3.8) is 0 Å². The van der Waals surface area contributed by atoms with Crippen molar-refractivity contribution >= 4 is 15.9 Å². The van der Waals surface area contributed by atoms with Gasteiger partial charge in [-0.3, -0.25) is 0 Å². The molecule has 2 aromatic rings. The molecule has 0 fully saturated rings. The summed E-state index contributed by atoms with van der Waals surface area (Å²) >= 11 is 0. The summed E-state index contributed by atoms with van der Waals surface area (Å²) in [7, 11) is -3.68. The molecule has 1 aromatic heterocycles. The smallest absolute Gasteiger partial charge is 0.317 e. The van der Waals surface area contributed by atoms with Crippen molar-refractivity contribution in [1.29, 1.82) is 5.26 Å². The first-order valence-corrected chi connectivity index (χ1v) is 8.19. The predicted octanol–water partition coefficient (Wildman–Crippen LogP) is 3.41. The zero-order chi connectivity index (χ0) is 17.3. The Balaban J connectivity index is 2.47. The molecule has 0 saturated heterocycles. The van der Waals surface area contributed by atoms with E-state index in [1.165, 1.54) is 22.8 Å². The fourth-order valence-corrected chi connectivity index (χ4v) is 2.42. The standard InChI is InChI=1S/C15H11F3N2O2S/c1-23(21,22)14(10-19)9-13-3-2-8-20(13)12-6-4-11(5-7-12)15(16,17)18/h2-9H,1H3. The van der Waals surface area contributed by atoms with Gasteiger partial charge in [-0.2, -0.15) is 18.4 Å². The molecule has 0 aliphatic rings. The Kier molecular flexibility index (Phi) is 4.34. The van der Waals surface area contributed by atoms with Crippen LogP contribution in [0.15, 0.2) is 47.5 Å². The number of benzene rings is 1. The van der Waals surface area contributed by atoms with Gasteiger partial charge in [0.05, 0.1) is 5.56 Å². The summed E-state index contributed by atoms with van der Waals surface area (Å²) in [6.45, 7) is 0. The minimum Gasteiger partial charge on any atom is -0.317 e. The zero-order valence-electron chi connectivity index (χ0n) is 11.9. The van der Waals surface area contributed by atoms with Crippen LogP contribution in [-0.2, 0) is 16.0 Å². The molecule has 0 aliphatic heterocycles. The number of nitriles is 1. The molecule has 0 N–H and O–H groups in total. The van der Waals surface area contributed by atoms with Gasteiger partial charge in [-0.25, -0.2) is 8.42 Å². The maximum atomic E-state index is 12.6. The second kappa shape index (κ2) is 5.93. The molecule has 0 spiro atoms. The van der Waals surface area contributed by atoms with Crippen LogP contribution in [0, 0.1) is 11.3 Å². The SMILES string of the molecule is CS(=O)(=O)C(C#N)=Cc1cccn1-c1ccc(C(F)(F)F)cc1. The van der Waals surface area contributed by atoms with E-state index < -0.39 is 26.5 Å². The highest BCUT2D eigenvalue weighted by Gasteiger charge is 2.30. The van der Waals surface area contributed by atoms with E-state index in [4.69, 9.17) is 5.26 Å². The summed E-state index contributed by atoms with van der Waals surface area (Å²) < 4.78 is 62.1. The Morgan fingerprint density at radius 3 is 2.30 bits per heavy atom. The first kappa shape index (κ1) is 16.8. The average Bonchev–Trinajstić information content (AvgIpc) is 2.90. The van der Waals surface area contributed by atoms with Crippen LogP contribution < -0.4 is 0 Å². The second-order valence-corrected chi connectivity index (χ2v) is 6.72. The van der Waals surface area contributed by atoms with Gasteiger partial charge in [-0.15, -0.1) is 0 Å². The normalized spacial score (nSPS) is 12.9. The molecule has 0 unspecified atom stereocenters. The van der Waals surface area contributed by atoms with Crippen LogP contribution in [0.4, 0.5) is 13.2 Å². The second-order valence-electron chi connectivity index (χ2n) is 4.74. The van der Waals surface area contributed by atoms with Crippen LogP contribution in [0.2, 0.25) is 0 Å². The van der Waals surface area contributed by atoms with E-state index in [1.807, 2.05) is 0 Å². The highest BCUT2D eigenvalue weighted by atomic mass is 32.2. The van der Waals surface area contributed by atoms with E-state index in [-0.39, 0.29) is 0 Å². The van der Waals surface area contributed by atoms with Gasteiger partial charge in [0.25, 0.3) is 0 Å². The predicted molar refractivity (Wildman–Crippen MR) is 79.2 cm³/mol. The van der Waals surface area contributed by atoms with Gasteiger partial charge in [0.2, 0.25) is 0 Å². The number of hydrogen-bond acceptors (Lipinski definition) is 3. The molecule has 2 rings (SSSR count).